The number of nitrogens with zero attached hydrogens (tertiary/aromatic N) is 2. The predicted molar refractivity (Wildman–Crippen MR) is 124 cm³/mol. The normalized spacial score (nSPS) is 17.4. The average Bonchev–Trinajstić information content (AvgIpc) is 3.15. The van der Waals surface area contributed by atoms with E-state index in [2.05, 4.69) is 14.5 Å². The van der Waals surface area contributed by atoms with Crippen molar-refractivity contribution in [2.24, 2.45) is 4.99 Å². The van der Waals surface area contributed by atoms with Crippen molar-refractivity contribution in [3.05, 3.63) is 83.9 Å². The van der Waals surface area contributed by atoms with Gasteiger partial charge in [-0.2, -0.15) is 0 Å². The van der Waals surface area contributed by atoms with E-state index in [0.717, 1.165) is 41.8 Å². The largest absolute Gasteiger partial charge is 0.573 e. The van der Waals surface area contributed by atoms with Gasteiger partial charge in [0, 0.05) is 12.1 Å². The predicted octanol–water partition coefficient (Wildman–Crippen LogP) is 7.30. The molecule has 5 nitrogen and oxygen atoms in total. The Morgan fingerprint density at radius 2 is 1.43 bits per heavy atom. The highest BCUT2D eigenvalue weighted by Gasteiger charge is 2.39. The van der Waals surface area contributed by atoms with E-state index >= 15 is 0 Å². The molecule has 11 heteroatoms. The summed E-state index contributed by atoms with van der Waals surface area (Å²) in [6.07, 6.45) is -8.76. The van der Waals surface area contributed by atoms with E-state index in [1.54, 1.807) is 0 Å². The lowest BCUT2D eigenvalue weighted by Gasteiger charge is -2.25. The topological polar surface area (TPSA) is 51.1 Å². The maximum absolute atomic E-state index is 13.4. The van der Waals surface area contributed by atoms with Crippen LogP contribution in [0.4, 0.5) is 37.7 Å². The fourth-order valence-corrected chi connectivity index (χ4v) is 4.01. The minimum atomic E-state index is -4.85. The van der Waals surface area contributed by atoms with Crippen LogP contribution in [0.5, 0.6) is 11.5 Å². The third-order valence-electron chi connectivity index (χ3n) is 5.59. The standard InChI is InChI=1S/C26H20F6N2O3/c1-2-16-4-3-5-17(14-16)23-15-22(33-18-6-10-20(11-7-18)36-25(27,28)29)24(35)34(23)19-8-12-21(13-9-19)37-26(30,31)32/h3-14,23H,2,15H2,1H3. The number of rotatable bonds is 6. The smallest absolute Gasteiger partial charge is 0.406 e. The third kappa shape index (κ3) is 6.60. The average molecular weight is 522 g/mol. The first-order chi connectivity index (χ1) is 17.4. The van der Waals surface area contributed by atoms with Crippen LogP contribution in [0.2, 0.25) is 0 Å². The Hall–Kier alpha value is -4.02. The van der Waals surface area contributed by atoms with Gasteiger partial charge in [-0.25, -0.2) is 4.99 Å². The van der Waals surface area contributed by atoms with Gasteiger partial charge in [0.1, 0.15) is 17.2 Å². The highest BCUT2D eigenvalue weighted by molar-refractivity contribution is 6.46. The van der Waals surface area contributed by atoms with Crippen LogP contribution in [-0.4, -0.2) is 24.3 Å². The van der Waals surface area contributed by atoms with Gasteiger partial charge in [-0.15, -0.1) is 26.3 Å². The van der Waals surface area contributed by atoms with Crippen LogP contribution in [0.25, 0.3) is 0 Å². The van der Waals surface area contributed by atoms with Crippen molar-refractivity contribution in [2.45, 2.75) is 38.5 Å². The second-order valence-electron chi connectivity index (χ2n) is 8.14. The van der Waals surface area contributed by atoms with Crippen LogP contribution >= 0.6 is 0 Å². The molecule has 3 aromatic carbocycles. The molecule has 0 aromatic heterocycles. The molecule has 37 heavy (non-hydrogen) atoms. The lowest BCUT2D eigenvalue weighted by atomic mass is 10.00. The van der Waals surface area contributed by atoms with Crippen LogP contribution in [0.3, 0.4) is 0 Å². The number of anilines is 1. The number of carbonyl (C=O) groups excluding carboxylic acids is 1. The van der Waals surface area contributed by atoms with Gasteiger partial charge in [0.2, 0.25) is 0 Å². The Balaban J connectivity index is 1.67. The second kappa shape index (κ2) is 10.2. The maximum Gasteiger partial charge on any atom is 0.573 e. The van der Waals surface area contributed by atoms with Crippen molar-refractivity contribution in [3.8, 4) is 11.5 Å². The van der Waals surface area contributed by atoms with Gasteiger partial charge >= 0.3 is 12.7 Å². The van der Waals surface area contributed by atoms with Crippen molar-refractivity contribution in [2.75, 3.05) is 4.90 Å². The van der Waals surface area contributed by atoms with Crippen LogP contribution in [-0.2, 0) is 11.2 Å². The molecule has 0 spiro atoms. The minimum Gasteiger partial charge on any atom is -0.406 e. The molecule has 1 amide bonds. The molecular formula is C26H20F6N2O3. The van der Waals surface area contributed by atoms with Gasteiger partial charge < -0.3 is 9.47 Å². The molecule has 1 aliphatic rings. The van der Waals surface area contributed by atoms with Crippen molar-refractivity contribution in [3.63, 3.8) is 0 Å². The first-order valence-electron chi connectivity index (χ1n) is 11.1. The Labute approximate surface area is 207 Å². The number of hydrogen-bond donors (Lipinski definition) is 0. The number of halogens is 6. The molecule has 194 valence electrons. The van der Waals surface area contributed by atoms with E-state index in [1.807, 2.05) is 31.2 Å². The zero-order chi connectivity index (χ0) is 26.8. The van der Waals surface area contributed by atoms with Gasteiger partial charge in [-0.3, -0.25) is 9.69 Å². The number of hydrogen-bond acceptors (Lipinski definition) is 4. The summed E-state index contributed by atoms with van der Waals surface area (Å²) in [5.74, 6) is -1.33. The summed E-state index contributed by atoms with van der Waals surface area (Å²) < 4.78 is 82.7. The Kier molecular flexibility index (Phi) is 7.15. The van der Waals surface area contributed by atoms with Crippen LogP contribution in [0.1, 0.15) is 30.5 Å². The van der Waals surface area contributed by atoms with Gasteiger partial charge in [0.25, 0.3) is 5.91 Å². The highest BCUT2D eigenvalue weighted by Crippen LogP contribution is 2.38. The molecule has 0 radical (unpaired) electrons. The Bertz CT molecular complexity index is 1290. The molecular weight excluding hydrogens is 502 g/mol. The van der Waals surface area contributed by atoms with E-state index < -0.39 is 36.2 Å². The monoisotopic (exact) mass is 522 g/mol. The van der Waals surface area contributed by atoms with Crippen molar-refractivity contribution >= 4 is 23.0 Å². The van der Waals surface area contributed by atoms with E-state index in [-0.39, 0.29) is 17.8 Å². The summed E-state index contributed by atoms with van der Waals surface area (Å²) in [5, 5.41) is 0. The molecule has 3 aromatic rings. The summed E-state index contributed by atoms with van der Waals surface area (Å²) in [6.45, 7) is 1.98. The lowest BCUT2D eigenvalue weighted by Crippen LogP contribution is -2.29. The molecule has 0 N–H and O–H groups in total. The van der Waals surface area contributed by atoms with Gasteiger partial charge in [-0.1, -0.05) is 31.2 Å². The van der Waals surface area contributed by atoms with E-state index in [1.165, 1.54) is 29.2 Å². The van der Waals surface area contributed by atoms with Crippen molar-refractivity contribution in [1.29, 1.82) is 0 Å². The molecule has 1 atom stereocenters. The minimum absolute atomic E-state index is 0.145. The summed E-state index contributed by atoms with van der Waals surface area (Å²) in [7, 11) is 0. The van der Waals surface area contributed by atoms with Crippen LogP contribution in [0, 0.1) is 0 Å². The Morgan fingerprint density at radius 1 is 0.865 bits per heavy atom. The fourth-order valence-electron chi connectivity index (χ4n) is 4.01. The lowest BCUT2D eigenvalue weighted by molar-refractivity contribution is -0.275. The van der Waals surface area contributed by atoms with Gasteiger partial charge in [0.15, 0.2) is 0 Å². The summed E-state index contributed by atoms with van der Waals surface area (Å²) in [4.78, 5) is 19.2. The molecule has 0 bridgehead atoms. The first-order valence-corrected chi connectivity index (χ1v) is 11.1. The number of aliphatic imine (C=N–C) groups is 1. The molecule has 1 saturated heterocycles. The maximum atomic E-state index is 13.4. The zero-order valence-electron chi connectivity index (χ0n) is 19.3. The fraction of sp³-hybridized carbons (Fsp3) is 0.231. The molecule has 1 fully saturated rings. The van der Waals surface area contributed by atoms with E-state index in [9.17, 15) is 31.1 Å². The van der Waals surface area contributed by atoms with Crippen molar-refractivity contribution < 1.29 is 40.6 Å². The first kappa shape index (κ1) is 26.1. The molecule has 1 aliphatic heterocycles. The van der Waals surface area contributed by atoms with Crippen molar-refractivity contribution in [1.82, 2.24) is 0 Å². The molecule has 1 heterocycles. The number of alkyl halides is 6. The number of benzene rings is 3. The molecule has 1 unspecified atom stereocenters. The van der Waals surface area contributed by atoms with Gasteiger partial charge in [0.05, 0.1) is 11.7 Å². The quantitative estimate of drug-likeness (QED) is 0.319. The number of aryl methyl sites for hydroxylation is 1. The Morgan fingerprint density at radius 3 is 1.97 bits per heavy atom. The second-order valence-corrected chi connectivity index (χ2v) is 8.14. The van der Waals surface area contributed by atoms with Gasteiger partial charge in [-0.05, 0) is 66.1 Å². The molecule has 0 saturated carbocycles. The summed E-state index contributed by atoms with van der Waals surface area (Å²) >= 11 is 0. The number of ether oxygens (including phenoxy) is 2. The third-order valence-corrected chi connectivity index (χ3v) is 5.59. The summed E-state index contributed by atoms with van der Waals surface area (Å²) in [6, 6.07) is 16.8. The molecule has 4 rings (SSSR count). The number of carbonyl (C=O) groups is 1. The van der Waals surface area contributed by atoms with Crippen LogP contribution in [0.15, 0.2) is 77.8 Å². The zero-order valence-corrected chi connectivity index (χ0v) is 19.3. The van der Waals surface area contributed by atoms with Crippen LogP contribution < -0.4 is 14.4 Å². The summed E-state index contributed by atoms with van der Waals surface area (Å²) in [5.41, 5.74) is 2.57. The molecule has 0 aliphatic carbocycles. The van der Waals surface area contributed by atoms with E-state index in [0.29, 0.717) is 5.69 Å². The number of amides is 1. The van der Waals surface area contributed by atoms with E-state index in [4.69, 9.17) is 0 Å². The SMILES string of the molecule is CCc1cccc(C2CC(=Nc3ccc(OC(F)(F)F)cc3)C(=O)N2c2ccc(OC(F)(F)F)cc2)c1. The highest BCUT2D eigenvalue weighted by atomic mass is 19.4.